The van der Waals surface area contributed by atoms with Gasteiger partial charge < -0.3 is 14.8 Å². The summed E-state index contributed by atoms with van der Waals surface area (Å²) in [6.45, 7) is 9.66. The third-order valence-electron chi connectivity index (χ3n) is 7.63. The second kappa shape index (κ2) is 11.3. The van der Waals surface area contributed by atoms with Crippen molar-refractivity contribution >= 4 is 39.7 Å². The molecule has 1 aliphatic rings. The molecule has 0 bridgehead atoms. The van der Waals surface area contributed by atoms with E-state index in [4.69, 9.17) is 0 Å². The number of hydrogen-bond acceptors (Lipinski definition) is 7. The molecule has 196 valence electrons. The Morgan fingerprint density at radius 1 is 1.32 bits per heavy atom. The minimum atomic E-state index is -0.132. The van der Waals surface area contributed by atoms with E-state index in [2.05, 4.69) is 66.3 Å². The highest BCUT2D eigenvalue weighted by Gasteiger charge is 2.34. The topological polar surface area (TPSA) is 86.8 Å². The maximum Gasteiger partial charge on any atom is 0.235 e. The average molecular weight is 537 g/mol. The zero-order valence-electron chi connectivity index (χ0n) is 22.6. The van der Waals surface area contributed by atoms with E-state index in [1.54, 1.807) is 11.3 Å². The van der Waals surface area contributed by atoms with Gasteiger partial charge in [-0.25, -0.2) is 0 Å². The summed E-state index contributed by atoms with van der Waals surface area (Å²) in [5.41, 5.74) is 4.13. The maximum absolute atomic E-state index is 12.9. The van der Waals surface area contributed by atoms with Gasteiger partial charge in [-0.1, -0.05) is 51.1 Å². The first-order valence-electron chi connectivity index (χ1n) is 12.9. The molecule has 1 aliphatic carbocycles. The van der Waals surface area contributed by atoms with Gasteiger partial charge in [0.05, 0.1) is 11.3 Å². The zero-order valence-corrected chi connectivity index (χ0v) is 24.2. The van der Waals surface area contributed by atoms with E-state index in [0.29, 0.717) is 28.2 Å². The highest BCUT2D eigenvalue weighted by molar-refractivity contribution is 7.99. The van der Waals surface area contributed by atoms with E-state index in [-0.39, 0.29) is 17.1 Å². The lowest BCUT2D eigenvalue weighted by Crippen LogP contribution is -2.28. The molecule has 9 heteroatoms. The van der Waals surface area contributed by atoms with Gasteiger partial charge in [0.2, 0.25) is 5.91 Å². The molecular weight excluding hydrogens is 500 g/mol. The molecule has 0 saturated heterocycles. The molecule has 2 heterocycles. The van der Waals surface area contributed by atoms with Crippen LogP contribution in [0.3, 0.4) is 0 Å². The number of carbonyl (C=O) groups is 1. The van der Waals surface area contributed by atoms with Crippen molar-refractivity contribution in [3.8, 4) is 17.5 Å². The summed E-state index contributed by atoms with van der Waals surface area (Å²) in [6.07, 6.45) is 4.12. The predicted molar refractivity (Wildman–Crippen MR) is 153 cm³/mol. The molecule has 3 aromatic rings. The van der Waals surface area contributed by atoms with Crippen molar-refractivity contribution in [2.75, 3.05) is 30.1 Å². The Bertz CT molecular complexity index is 1320. The Hall–Kier alpha value is -2.83. The van der Waals surface area contributed by atoms with Gasteiger partial charge in [-0.15, -0.1) is 21.5 Å². The highest BCUT2D eigenvalue weighted by atomic mass is 32.2. The van der Waals surface area contributed by atoms with Crippen LogP contribution < -0.4 is 10.2 Å². The predicted octanol–water partition coefficient (Wildman–Crippen LogP) is 6.24. The smallest absolute Gasteiger partial charge is 0.235 e. The second-order valence-electron chi connectivity index (χ2n) is 10.4. The van der Waals surface area contributed by atoms with E-state index >= 15 is 0 Å². The van der Waals surface area contributed by atoms with Crippen LogP contribution in [0.4, 0.5) is 10.7 Å². The summed E-state index contributed by atoms with van der Waals surface area (Å²) in [6, 6.07) is 10.5. The quantitative estimate of drug-likeness (QED) is 0.326. The van der Waals surface area contributed by atoms with Gasteiger partial charge in [-0.3, -0.25) is 4.79 Å². The van der Waals surface area contributed by atoms with Crippen LogP contribution in [0.5, 0.6) is 0 Å². The van der Waals surface area contributed by atoms with Crippen LogP contribution in [0.1, 0.15) is 56.5 Å². The molecule has 1 N–H and O–H groups in total. The van der Waals surface area contributed by atoms with Crippen LogP contribution in [0.2, 0.25) is 0 Å². The van der Waals surface area contributed by atoms with Gasteiger partial charge in [-0.2, -0.15) is 5.26 Å². The molecule has 1 unspecified atom stereocenters. The Morgan fingerprint density at radius 3 is 2.78 bits per heavy atom. The minimum absolute atomic E-state index is 0.132. The number of anilines is 2. The SMILES string of the molecule is CCn1c(SCC(=O)Nc2sc3c(c2C#N)CCC(C(C)(C)CC)C3)nnc1-c1cccc(N(C)C)c1. The van der Waals surface area contributed by atoms with Crippen molar-refractivity contribution in [3.05, 3.63) is 40.3 Å². The monoisotopic (exact) mass is 536 g/mol. The van der Waals surface area contributed by atoms with E-state index < -0.39 is 0 Å². The van der Waals surface area contributed by atoms with Crippen LogP contribution >= 0.6 is 23.1 Å². The number of rotatable bonds is 9. The molecule has 2 aromatic heterocycles. The number of benzene rings is 1. The first kappa shape index (κ1) is 27.2. The second-order valence-corrected chi connectivity index (χ2v) is 12.5. The molecule has 1 amide bonds. The lowest BCUT2D eigenvalue weighted by atomic mass is 9.69. The summed E-state index contributed by atoms with van der Waals surface area (Å²) in [5, 5.41) is 23.1. The van der Waals surface area contributed by atoms with Gasteiger partial charge in [0, 0.05) is 36.8 Å². The highest BCUT2D eigenvalue weighted by Crippen LogP contribution is 2.45. The number of aromatic nitrogens is 3. The van der Waals surface area contributed by atoms with Gasteiger partial charge in [0.25, 0.3) is 0 Å². The van der Waals surface area contributed by atoms with E-state index in [0.717, 1.165) is 48.3 Å². The van der Waals surface area contributed by atoms with Crippen molar-refractivity contribution in [2.24, 2.45) is 11.3 Å². The van der Waals surface area contributed by atoms with Crippen molar-refractivity contribution in [1.29, 1.82) is 5.26 Å². The van der Waals surface area contributed by atoms with E-state index in [9.17, 15) is 10.1 Å². The third-order valence-corrected chi connectivity index (χ3v) is 9.77. The third kappa shape index (κ3) is 5.70. The number of nitriles is 1. The minimum Gasteiger partial charge on any atom is -0.378 e. The van der Waals surface area contributed by atoms with Crippen LogP contribution in [0.25, 0.3) is 11.4 Å². The molecule has 0 radical (unpaired) electrons. The zero-order chi connectivity index (χ0) is 26.7. The molecule has 4 rings (SSSR count). The molecule has 1 atom stereocenters. The number of fused-ring (bicyclic) bond motifs is 1. The molecular formula is C28H36N6OS2. The van der Waals surface area contributed by atoms with Crippen molar-refractivity contribution in [2.45, 2.75) is 65.1 Å². The molecule has 37 heavy (non-hydrogen) atoms. The fourth-order valence-corrected chi connectivity index (χ4v) is 6.95. The van der Waals surface area contributed by atoms with Gasteiger partial charge in [-0.05, 0) is 55.2 Å². The van der Waals surface area contributed by atoms with Crippen LogP contribution in [0.15, 0.2) is 29.4 Å². The number of amides is 1. The standard InChI is InChI=1S/C28H36N6OS2/c1-7-28(3,4)19-12-13-21-22(16-29)26(37-23(21)15-19)30-24(35)17-36-27-32-31-25(34(27)8-2)18-10-9-11-20(14-18)33(5)6/h9-11,14,19H,7-8,12-13,15,17H2,1-6H3,(H,30,35). The average Bonchev–Trinajstić information content (AvgIpc) is 3.47. The number of thiophene rings is 1. The molecule has 0 saturated carbocycles. The molecule has 0 fully saturated rings. The molecule has 7 nitrogen and oxygen atoms in total. The summed E-state index contributed by atoms with van der Waals surface area (Å²) in [7, 11) is 4.02. The first-order chi connectivity index (χ1) is 17.7. The normalized spacial score (nSPS) is 15.2. The fraction of sp³-hybridized carbons (Fsp3) is 0.500. The van der Waals surface area contributed by atoms with Gasteiger partial charge in [0.15, 0.2) is 11.0 Å². The van der Waals surface area contributed by atoms with Crippen molar-refractivity contribution < 1.29 is 4.79 Å². The first-order valence-corrected chi connectivity index (χ1v) is 14.7. The van der Waals surface area contributed by atoms with Crippen molar-refractivity contribution in [1.82, 2.24) is 14.8 Å². The summed E-state index contributed by atoms with van der Waals surface area (Å²) in [4.78, 5) is 16.2. The fourth-order valence-electron chi connectivity index (χ4n) is 4.86. The number of nitrogens with zero attached hydrogens (tertiary/aromatic N) is 5. The Kier molecular flexibility index (Phi) is 8.29. The number of thioether (sulfide) groups is 1. The van der Waals surface area contributed by atoms with Crippen molar-refractivity contribution in [3.63, 3.8) is 0 Å². The number of nitrogens with one attached hydrogen (secondary N) is 1. The largest absolute Gasteiger partial charge is 0.378 e. The van der Waals surface area contributed by atoms with Crippen LogP contribution in [-0.2, 0) is 24.2 Å². The van der Waals surface area contributed by atoms with Crippen LogP contribution in [0, 0.1) is 22.7 Å². The van der Waals surface area contributed by atoms with E-state index in [1.807, 2.05) is 30.8 Å². The summed E-state index contributed by atoms with van der Waals surface area (Å²) < 4.78 is 2.03. The molecule has 1 aromatic carbocycles. The summed E-state index contributed by atoms with van der Waals surface area (Å²) >= 11 is 2.95. The Labute approximate surface area is 228 Å². The Balaban J connectivity index is 1.46. The van der Waals surface area contributed by atoms with E-state index in [1.165, 1.54) is 16.6 Å². The maximum atomic E-state index is 12.9. The number of hydrogen-bond donors (Lipinski definition) is 1. The lowest BCUT2D eigenvalue weighted by molar-refractivity contribution is -0.113. The molecule has 0 spiro atoms. The molecule has 0 aliphatic heterocycles. The Morgan fingerprint density at radius 2 is 2.11 bits per heavy atom. The summed E-state index contributed by atoms with van der Waals surface area (Å²) in [5.74, 6) is 1.46. The van der Waals surface area contributed by atoms with Gasteiger partial charge >= 0.3 is 0 Å². The number of carbonyl (C=O) groups excluding carboxylic acids is 1. The lowest BCUT2D eigenvalue weighted by Gasteiger charge is -2.36. The van der Waals surface area contributed by atoms with Gasteiger partial charge in [0.1, 0.15) is 11.1 Å². The van der Waals surface area contributed by atoms with Crippen LogP contribution in [-0.4, -0.2) is 40.5 Å².